The van der Waals surface area contributed by atoms with Crippen molar-refractivity contribution in [3.8, 4) is 5.75 Å². The molecular formula is C24H40FN2O6PSi. The van der Waals surface area contributed by atoms with Crippen molar-refractivity contribution < 1.29 is 32.0 Å². The molecule has 0 bridgehead atoms. The van der Waals surface area contributed by atoms with E-state index in [2.05, 4.69) is 39.0 Å². The van der Waals surface area contributed by atoms with Crippen LogP contribution in [-0.2, 0) is 28.6 Å². The van der Waals surface area contributed by atoms with Crippen LogP contribution in [0.15, 0.2) is 23.4 Å². The average Bonchev–Trinajstić information content (AvgIpc) is 3.08. The van der Waals surface area contributed by atoms with Crippen LogP contribution in [0.25, 0.3) is 0 Å². The molecule has 11 heteroatoms. The van der Waals surface area contributed by atoms with Crippen molar-refractivity contribution in [1.29, 1.82) is 0 Å². The van der Waals surface area contributed by atoms with Crippen LogP contribution >= 0.6 is 7.60 Å². The molecule has 0 amide bonds. The van der Waals surface area contributed by atoms with Crippen LogP contribution in [0.5, 0.6) is 5.75 Å². The highest BCUT2D eigenvalue weighted by molar-refractivity contribution is 7.54. The second kappa shape index (κ2) is 10.9. The topological polar surface area (TPSA) is 78.8 Å². The molecule has 2 aliphatic rings. The first-order valence-electron chi connectivity index (χ1n) is 12.3. The minimum Gasteiger partial charge on any atom is -0.493 e. The fraction of sp³-hybridized carbons (Fsp3) is 0.708. The van der Waals surface area contributed by atoms with Crippen molar-refractivity contribution in [1.82, 2.24) is 4.90 Å². The summed E-state index contributed by atoms with van der Waals surface area (Å²) in [5.41, 5.74) is -0.485. The number of oxime groups is 1. The highest BCUT2D eigenvalue weighted by atomic mass is 31.2. The zero-order valence-corrected chi connectivity index (χ0v) is 24.0. The average molecular weight is 531 g/mol. The molecule has 8 nitrogen and oxygen atoms in total. The number of halogens is 1. The second-order valence-electron chi connectivity index (χ2n) is 10.3. The summed E-state index contributed by atoms with van der Waals surface area (Å²) in [5, 5.41) is 4.45. The Labute approximate surface area is 209 Å². The van der Waals surface area contributed by atoms with Gasteiger partial charge in [-0.25, -0.2) is 4.39 Å². The van der Waals surface area contributed by atoms with E-state index in [0.717, 1.165) is 0 Å². The number of nitrogens with zero attached hydrogens (tertiary/aromatic N) is 2. The number of rotatable bonds is 11. The van der Waals surface area contributed by atoms with E-state index in [1.54, 1.807) is 19.9 Å². The lowest BCUT2D eigenvalue weighted by Crippen LogP contribution is -2.50. The van der Waals surface area contributed by atoms with Crippen LogP contribution in [0.3, 0.4) is 0 Å². The van der Waals surface area contributed by atoms with Gasteiger partial charge in [-0.2, -0.15) is 0 Å². The Bertz CT molecular complexity index is 960. The maximum Gasteiger partial charge on any atom is 0.338 e. The summed E-state index contributed by atoms with van der Waals surface area (Å²) in [6, 6.07) is 4.40. The normalized spacial score (nSPS) is 20.5. The first-order chi connectivity index (χ1) is 16.4. The van der Waals surface area contributed by atoms with Crippen molar-refractivity contribution in [2.45, 2.75) is 71.3 Å². The van der Waals surface area contributed by atoms with Crippen LogP contribution in [0.1, 0.15) is 53.0 Å². The SMILES string of the molecule is CCOP(=O)(CC1=NOC2(CCOc3ccc(F)cc32)N1CCCO[Si](C)(C)C(C)(C)C)OCC. The standard InChI is InChI=1S/C24H40FN2O6PSi/c1-8-30-34(28,31-9-2)18-22-26-33-24(13-16-29-21-12-11-19(25)17-20(21)24)27(22)14-10-15-32-35(6,7)23(3,4)5/h11-12,17H,8-10,13-16,18H2,1-7H3. The van der Waals surface area contributed by atoms with Crippen molar-refractivity contribution in [3.63, 3.8) is 0 Å². The van der Waals surface area contributed by atoms with Gasteiger partial charge >= 0.3 is 7.60 Å². The molecule has 0 radical (unpaired) electrons. The quantitative estimate of drug-likeness (QED) is 0.195. The number of amidine groups is 1. The van der Waals surface area contributed by atoms with E-state index in [9.17, 15) is 8.96 Å². The fourth-order valence-electron chi connectivity index (χ4n) is 4.06. The highest BCUT2D eigenvalue weighted by Crippen LogP contribution is 2.52. The molecule has 35 heavy (non-hydrogen) atoms. The molecule has 0 aliphatic carbocycles. The van der Waals surface area contributed by atoms with Gasteiger partial charge in [-0.1, -0.05) is 25.9 Å². The number of fused-ring (bicyclic) bond motifs is 2. The Balaban J connectivity index is 1.87. The van der Waals surface area contributed by atoms with Crippen molar-refractivity contribution in [2.75, 3.05) is 39.1 Å². The van der Waals surface area contributed by atoms with E-state index >= 15 is 0 Å². The number of benzene rings is 1. The van der Waals surface area contributed by atoms with Gasteiger partial charge in [0.1, 0.15) is 17.7 Å². The zero-order valence-electron chi connectivity index (χ0n) is 22.1. The van der Waals surface area contributed by atoms with Gasteiger partial charge in [0, 0.05) is 19.6 Å². The Morgan fingerprint density at radius 3 is 2.54 bits per heavy atom. The zero-order chi connectivity index (χ0) is 25.9. The largest absolute Gasteiger partial charge is 0.493 e. The molecular weight excluding hydrogens is 490 g/mol. The van der Waals surface area contributed by atoms with Crippen LogP contribution in [0.4, 0.5) is 4.39 Å². The number of hydrogen-bond donors (Lipinski definition) is 0. The Hall–Kier alpha value is -1.45. The molecule has 1 aromatic rings. The maximum atomic E-state index is 14.3. The van der Waals surface area contributed by atoms with Crippen molar-refractivity contribution in [2.24, 2.45) is 5.16 Å². The smallest absolute Gasteiger partial charge is 0.338 e. The summed E-state index contributed by atoms with van der Waals surface area (Å²) in [4.78, 5) is 8.01. The summed E-state index contributed by atoms with van der Waals surface area (Å²) < 4.78 is 50.9. The third-order valence-corrected chi connectivity index (χ3v) is 13.4. The van der Waals surface area contributed by atoms with Gasteiger partial charge in [0.15, 0.2) is 14.2 Å². The third-order valence-electron chi connectivity index (χ3n) is 6.89. The highest BCUT2D eigenvalue weighted by Gasteiger charge is 2.52. The Morgan fingerprint density at radius 2 is 1.91 bits per heavy atom. The van der Waals surface area contributed by atoms with Crippen LogP contribution in [0.2, 0.25) is 18.1 Å². The molecule has 1 spiro atoms. The molecule has 2 aliphatic heterocycles. The van der Waals surface area contributed by atoms with Gasteiger partial charge in [-0.15, -0.1) is 0 Å². The Morgan fingerprint density at radius 1 is 1.23 bits per heavy atom. The minimum atomic E-state index is -3.44. The molecule has 0 N–H and O–H groups in total. The molecule has 198 valence electrons. The van der Waals surface area contributed by atoms with E-state index in [0.29, 0.717) is 49.7 Å². The molecule has 1 aromatic carbocycles. The van der Waals surface area contributed by atoms with E-state index < -0.39 is 21.6 Å². The van der Waals surface area contributed by atoms with Gasteiger partial charge < -0.3 is 27.9 Å². The summed E-state index contributed by atoms with van der Waals surface area (Å²) in [6.45, 7) is 16.6. The van der Waals surface area contributed by atoms with E-state index in [1.165, 1.54) is 12.1 Å². The second-order valence-corrected chi connectivity index (χ2v) is 17.2. The van der Waals surface area contributed by atoms with Gasteiger partial charge in [0.2, 0.25) is 5.72 Å². The Kier molecular flexibility index (Phi) is 8.75. The lowest BCUT2D eigenvalue weighted by molar-refractivity contribution is -0.128. The minimum absolute atomic E-state index is 0.0367. The first kappa shape index (κ1) is 28.1. The molecule has 1 atom stereocenters. The number of ether oxygens (including phenoxy) is 1. The van der Waals surface area contributed by atoms with Crippen LogP contribution in [0, 0.1) is 5.82 Å². The summed E-state index contributed by atoms with van der Waals surface area (Å²) >= 11 is 0. The van der Waals surface area contributed by atoms with Gasteiger partial charge in [-0.3, -0.25) is 4.57 Å². The van der Waals surface area contributed by atoms with Crippen molar-refractivity contribution in [3.05, 3.63) is 29.6 Å². The maximum absolute atomic E-state index is 14.3. The van der Waals surface area contributed by atoms with Gasteiger partial charge in [0.25, 0.3) is 0 Å². The van der Waals surface area contributed by atoms with Gasteiger partial charge in [0.05, 0.1) is 25.4 Å². The lowest BCUT2D eigenvalue weighted by atomic mass is 9.94. The lowest BCUT2D eigenvalue weighted by Gasteiger charge is -2.41. The molecule has 0 aromatic heterocycles. The molecule has 2 heterocycles. The molecule has 1 unspecified atom stereocenters. The predicted octanol–water partition coefficient (Wildman–Crippen LogP) is 6.08. The fourth-order valence-corrected chi connectivity index (χ4v) is 6.77. The summed E-state index contributed by atoms with van der Waals surface area (Å²) in [6.07, 6.45) is 1.09. The van der Waals surface area contributed by atoms with Crippen molar-refractivity contribution >= 4 is 21.7 Å². The number of hydrogen-bond acceptors (Lipinski definition) is 8. The van der Waals surface area contributed by atoms with Crippen LogP contribution in [-0.4, -0.2) is 58.2 Å². The molecule has 0 fully saturated rings. The summed E-state index contributed by atoms with van der Waals surface area (Å²) in [7, 11) is -5.34. The monoisotopic (exact) mass is 530 g/mol. The molecule has 0 saturated carbocycles. The summed E-state index contributed by atoms with van der Waals surface area (Å²) in [5.74, 6) is 0.621. The van der Waals surface area contributed by atoms with E-state index in [4.69, 9.17) is 23.0 Å². The third kappa shape index (κ3) is 6.10. The molecule has 3 rings (SSSR count). The molecule has 0 saturated heterocycles. The van der Waals surface area contributed by atoms with E-state index in [1.807, 2.05) is 4.90 Å². The van der Waals surface area contributed by atoms with Crippen LogP contribution < -0.4 is 4.74 Å². The van der Waals surface area contributed by atoms with Gasteiger partial charge in [-0.05, 0) is 56.6 Å². The van der Waals surface area contributed by atoms with E-state index in [-0.39, 0.29) is 30.2 Å². The predicted molar refractivity (Wildman–Crippen MR) is 137 cm³/mol. The first-order valence-corrected chi connectivity index (χ1v) is 17.0.